The van der Waals surface area contributed by atoms with Crippen molar-refractivity contribution < 1.29 is 14.4 Å². The number of aryl methyl sites for hydroxylation is 2. The van der Waals surface area contributed by atoms with E-state index in [9.17, 15) is 5.11 Å². The summed E-state index contributed by atoms with van der Waals surface area (Å²) in [6.07, 6.45) is 1.61. The van der Waals surface area contributed by atoms with Gasteiger partial charge in [0.05, 0.1) is 48.1 Å². The van der Waals surface area contributed by atoms with Crippen LogP contribution in [-0.2, 0) is 0 Å². The van der Waals surface area contributed by atoms with E-state index in [4.69, 9.17) is 15.0 Å². The molecule has 0 unspecified atom stereocenters. The maximum Gasteiger partial charge on any atom is 0.141 e. The molecule has 0 bridgehead atoms. The summed E-state index contributed by atoms with van der Waals surface area (Å²) in [5.74, 6) is 1.40. The third kappa shape index (κ3) is 2.98. The Morgan fingerprint density at radius 3 is 2.72 bits per heavy atom. The Kier molecular flexibility index (Phi) is 4.50. The lowest BCUT2D eigenvalue weighted by Gasteiger charge is -2.18. The van der Waals surface area contributed by atoms with Crippen LogP contribution in [0.15, 0.2) is 22.9 Å². The number of ether oxygens (including phenoxy) is 1. The lowest BCUT2D eigenvalue weighted by molar-refractivity contribution is 0.281. The molecule has 7 heteroatoms. The third-order valence-corrected chi connectivity index (χ3v) is 4.19. The first-order valence-electron chi connectivity index (χ1n) is 8.03. The van der Waals surface area contributed by atoms with Crippen molar-refractivity contribution in [1.82, 2.24) is 10.1 Å². The molecule has 0 amide bonds. The van der Waals surface area contributed by atoms with Gasteiger partial charge in [-0.1, -0.05) is 5.16 Å². The molecule has 0 aliphatic heterocycles. The van der Waals surface area contributed by atoms with E-state index in [1.807, 2.05) is 32.9 Å². The predicted octanol–water partition coefficient (Wildman–Crippen LogP) is 2.89. The third-order valence-electron chi connectivity index (χ3n) is 4.19. The molecule has 2 aromatic heterocycles. The molecular formula is C18H22N4O3. The van der Waals surface area contributed by atoms with Crippen LogP contribution in [0.25, 0.3) is 22.0 Å². The normalized spacial score (nSPS) is 12.4. The SMILES string of the molecule is COc1cc2c(N[C@H](C)CO)c(N)cnc2cc1-c1c(C)noc1C. The number of nitrogens with two attached hydrogens (primary N) is 1. The molecule has 0 saturated carbocycles. The van der Waals surface area contributed by atoms with E-state index >= 15 is 0 Å². The van der Waals surface area contributed by atoms with Gasteiger partial charge in [0.2, 0.25) is 0 Å². The molecule has 7 nitrogen and oxygen atoms in total. The molecule has 0 aliphatic carbocycles. The van der Waals surface area contributed by atoms with Crippen molar-refractivity contribution in [2.75, 3.05) is 24.8 Å². The van der Waals surface area contributed by atoms with Crippen molar-refractivity contribution >= 4 is 22.3 Å². The van der Waals surface area contributed by atoms with Crippen LogP contribution in [0.2, 0.25) is 0 Å². The highest BCUT2D eigenvalue weighted by molar-refractivity contribution is 6.00. The lowest BCUT2D eigenvalue weighted by atomic mass is 10.00. The number of hydrogen-bond donors (Lipinski definition) is 3. The highest BCUT2D eigenvalue weighted by Crippen LogP contribution is 2.40. The number of methoxy groups -OCH3 is 1. The summed E-state index contributed by atoms with van der Waals surface area (Å²) in [4.78, 5) is 4.45. The van der Waals surface area contributed by atoms with Gasteiger partial charge in [0.25, 0.3) is 0 Å². The molecule has 132 valence electrons. The average molecular weight is 342 g/mol. The molecule has 4 N–H and O–H groups in total. The Bertz CT molecular complexity index is 901. The summed E-state index contributed by atoms with van der Waals surface area (Å²) in [6, 6.07) is 3.70. The minimum atomic E-state index is -0.138. The maximum absolute atomic E-state index is 9.33. The number of aromatic nitrogens is 2. The second-order valence-electron chi connectivity index (χ2n) is 6.09. The fourth-order valence-corrected chi connectivity index (χ4v) is 2.92. The van der Waals surface area contributed by atoms with Crippen LogP contribution >= 0.6 is 0 Å². The van der Waals surface area contributed by atoms with E-state index in [2.05, 4.69) is 15.5 Å². The molecule has 2 heterocycles. The number of hydrogen-bond acceptors (Lipinski definition) is 7. The minimum Gasteiger partial charge on any atom is -0.496 e. The van der Waals surface area contributed by atoms with Crippen molar-refractivity contribution in [1.29, 1.82) is 0 Å². The molecule has 1 atom stereocenters. The van der Waals surface area contributed by atoms with Gasteiger partial charge in [0, 0.05) is 17.0 Å². The number of nitrogens with zero attached hydrogens (tertiary/aromatic N) is 2. The van der Waals surface area contributed by atoms with E-state index in [-0.39, 0.29) is 12.6 Å². The van der Waals surface area contributed by atoms with Crippen LogP contribution in [0.3, 0.4) is 0 Å². The van der Waals surface area contributed by atoms with Gasteiger partial charge < -0.3 is 25.4 Å². The molecule has 25 heavy (non-hydrogen) atoms. The summed E-state index contributed by atoms with van der Waals surface area (Å²) >= 11 is 0. The number of nitrogens with one attached hydrogen (secondary N) is 1. The molecule has 0 fully saturated rings. The summed E-state index contributed by atoms with van der Waals surface area (Å²) in [6.45, 7) is 5.63. The Labute approximate surface area is 145 Å². The van der Waals surface area contributed by atoms with Gasteiger partial charge in [-0.3, -0.25) is 4.98 Å². The summed E-state index contributed by atoms with van der Waals surface area (Å²) < 4.78 is 10.9. The smallest absolute Gasteiger partial charge is 0.141 e. The fourth-order valence-electron chi connectivity index (χ4n) is 2.92. The number of rotatable bonds is 5. The first kappa shape index (κ1) is 17.0. The molecule has 1 aromatic carbocycles. The second kappa shape index (κ2) is 6.60. The minimum absolute atomic E-state index is 0.00243. The lowest BCUT2D eigenvalue weighted by Crippen LogP contribution is -2.20. The molecule has 3 rings (SSSR count). The number of nitrogen functional groups attached to an aromatic ring is 1. The Morgan fingerprint density at radius 1 is 1.36 bits per heavy atom. The molecule has 0 saturated heterocycles. The standard InChI is InChI=1S/C18H22N4O3/c1-9(8-23)21-18-12-6-16(24-4)13(5-15(12)20-7-14(18)19)17-10(2)22-25-11(17)3/h5-7,9,23H,8,19H2,1-4H3,(H,20,21)/t9-/m1/s1. The quantitative estimate of drug-likeness (QED) is 0.654. The number of pyridine rings is 1. The summed E-state index contributed by atoms with van der Waals surface area (Å²) in [7, 11) is 1.62. The highest BCUT2D eigenvalue weighted by Gasteiger charge is 2.19. The van der Waals surface area contributed by atoms with E-state index in [1.165, 1.54) is 0 Å². The van der Waals surface area contributed by atoms with Gasteiger partial charge in [0.1, 0.15) is 11.5 Å². The molecule has 0 radical (unpaired) electrons. The Hall–Kier alpha value is -2.80. The molecule has 0 aliphatic rings. The topological polar surface area (TPSA) is 106 Å². The zero-order chi connectivity index (χ0) is 18.1. The van der Waals surface area contributed by atoms with Crippen LogP contribution < -0.4 is 15.8 Å². The van der Waals surface area contributed by atoms with Crippen LogP contribution in [0.1, 0.15) is 18.4 Å². The number of benzene rings is 1. The van der Waals surface area contributed by atoms with Crippen molar-refractivity contribution in [3.63, 3.8) is 0 Å². The maximum atomic E-state index is 9.33. The van der Waals surface area contributed by atoms with E-state index in [1.54, 1.807) is 13.3 Å². The van der Waals surface area contributed by atoms with Crippen LogP contribution in [0.5, 0.6) is 5.75 Å². The first-order valence-corrected chi connectivity index (χ1v) is 8.03. The van der Waals surface area contributed by atoms with Crippen molar-refractivity contribution in [2.24, 2.45) is 0 Å². The molecule has 0 spiro atoms. The van der Waals surface area contributed by atoms with Crippen molar-refractivity contribution in [3.8, 4) is 16.9 Å². The monoisotopic (exact) mass is 342 g/mol. The van der Waals surface area contributed by atoms with Crippen molar-refractivity contribution in [2.45, 2.75) is 26.8 Å². The Balaban J connectivity index is 2.25. The van der Waals surface area contributed by atoms with Crippen LogP contribution in [0, 0.1) is 13.8 Å². The Morgan fingerprint density at radius 2 is 2.12 bits per heavy atom. The summed E-state index contributed by atoms with van der Waals surface area (Å²) in [5, 5.41) is 17.4. The van der Waals surface area contributed by atoms with Gasteiger partial charge >= 0.3 is 0 Å². The van der Waals surface area contributed by atoms with E-state index in [0.717, 1.165) is 39.2 Å². The van der Waals surface area contributed by atoms with Gasteiger partial charge in [0.15, 0.2) is 0 Å². The number of anilines is 2. The van der Waals surface area contributed by atoms with Gasteiger partial charge in [-0.25, -0.2) is 0 Å². The fraction of sp³-hybridized carbons (Fsp3) is 0.333. The van der Waals surface area contributed by atoms with Gasteiger partial charge in [-0.15, -0.1) is 0 Å². The highest BCUT2D eigenvalue weighted by atomic mass is 16.5. The summed E-state index contributed by atoms with van der Waals surface area (Å²) in [5.41, 5.74) is 10.7. The second-order valence-corrected chi connectivity index (χ2v) is 6.09. The largest absolute Gasteiger partial charge is 0.496 e. The number of aliphatic hydroxyl groups excluding tert-OH is 1. The zero-order valence-corrected chi connectivity index (χ0v) is 14.8. The zero-order valence-electron chi connectivity index (χ0n) is 14.8. The predicted molar refractivity (Wildman–Crippen MR) is 97.8 cm³/mol. The van der Waals surface area contributed by atoms with Gasteiger partial charge in [-0.05, 0) is 32.9 Å². The number of fused-ring (bicyclic) bond motifs is 1. The number of aliphatic hydroxyl groups is 1. The van der Waals surface area contributed by atoms with Crippen LogP contribution in [0.4, 0.5) is 11.4 Å². The van der Waals surface area contributed by atoms with Crippen LogP contribution in [-0.4, -0.2) is 35.0 Å². The first-order chi connectivity index (χ1) is 12.0. The van der Waals surface area contributed by atoms with Crippen molar-refractivity contribution in [3.05, 3.63) is 29.8 Å². The average Bonchev–Trinajstić information content (AvgIpc) is 2.94. The molecule has 3 aromatic rings. The molecular weight excluding hydrogens is 320 g/mol. The van der Waals surface area contributed by atoms with E-state index in [0.29, 0.717) is 11.4 Å². The van der Waals surface area contributed by atoms with E-state index < -0.39 is 0 Å². The van der Waals surface area contributed by atoms with Gasteiger partial charge in [-0.2, -0.15) is 0 Å².